The van der Waals surface area contributed by atoms with E-state index >= 15 is 0 Å². The first kappa shape index (κ1) is 12.1. The van der Waals surface area contributed by atoms with E-state index < -0.39 is 0 Å². The maximum absolute atomic E-state index is 12.2. The van der Waals surface area contributed by atoms with Crippen molar-refractivity contribution in [1.29, 1.82) is 0 Å². The quantitative estimate of drug-likeness (QED) is 0.843. The number of aromatic amines is 1. The van der Waals surface area contributed by atoms with Crippen LogP contribution >= 0.6 is 0 Å². The van der Waals surface area contributed by atoms with Crippen LogP contribution in [0.4, 0.5) is 5.69 Å². The van der Waals surface area contributed by atoms with Crippen molar-refractivity contribution in [1.82, 2.24) is 20.1 Å². The first-order valence-corrected chi connectivity index (χ1v) is 5.53. The Kier molecular flexibility index (Phi) is 3.27. The molecule has 2 aromatic heterocycles. The van der Waals surface area contributed by atoms with Crippen LogP contribution in [0, 0.1) is 6.92 Å². The fourth-order valence-electron chi connectivity index (χ4n) is 1.68. The zero-order valence-corrected chi connectivity index (χ0v) is 10.3. The van der Waals surface area contributed by atoms with Gasteiger partial charge in [-0.15, -0.1) is 0 Å². The Bertz CT molecular complexity index is 550. The van der Waals surface area contributed by atoms with E-state index in [4.69, 9.17) is 5.73 Å². The van der Waals surface area contributed by atoms with Gasteiger partial charge in [0.05, 0.1) is 29.3 Å². The Morgan fingerprint density at radius 3 is 2.94 bits per heavy atom. The van der Waals surface area contributed by atoms with Crippen LogP contribution in [0.3, 0.4) is 0 Å². The number of nitrogens with one attached hydrogen (secondary N) is 1. The molecular weight excluding hydrogens is 230 g/mol. The zero-order chi connectivity index (χ0) is 13.1. The molecule has 0 aliphatic heterocycles. The molecule has 0 aromatic carbocycles. The van der Waals surface area contributed by atoms with Crippen LogP contribution in [0.5, 0.6) is 0 Å². The Morgan fingerprint density at radius 1 is 1.50 bits per heavy atom. The highest BCUT2D eigenvalue weighted by molar-refractivity contribution is 5.95. The lowest BCUT2D eigenvalue weighted by atomic mass is 10.1. The van der Waals surface area contributed by atoms with E-state index in [-0.39, 0.29) is 5.91 Å². The minimum atomic E-state index is -0.103. The lowest BCUT2D eigenvalue weighted by Crippen LogP contribution is -2.27. The van der Waals surface area contributed by atoms with Gasteiger partial charge in [-0.25, -0.2) is 0 Å². The number of carbonyl (C=O) groups excluding carboxylic acids is 1. The second-order valence-corrected chi connectivity index (χ2v) is 4.17. The van der Waals surface area contributed by atoms with Crippen molar-refractivity contribution in [3.8, 4) is 0 Å². The topological polar surface area (TPSA) is 87.9 Å². The maximum atomic E-state index is 12.2. The summed E-state index contributed by atoms with van der Waals surface area (Å²) in [7, 11) is 1.73. The van der Waals surface area contributed by atoms with Gasteiger partial charge in [0.25, 0.3) is 5.91 Å². The minimum absolute atomic E-state index is 0.103. The molecule has 6 heteroatoms. The third-order valence-corrected chi connectivity index (χ3v) is 2.66. The van der Waals surface area contributed by atoms with Crippen molar-refractivity contribution in [3.63, 3.8) is 0 Å². The molecule has 0 aliphatic carbocycles. The van der Waals surface area contributed by atoms with E-state index in [9.17, 15) is 4.79 Å². The van der Waals surface area contributed by atoms with Crippen LogP contribution in [0.1, 0.15) is 21.6 Å². The largest absolute Gasteiger partial charge is 0.397 e. The summed E-state index contributed by atoms with van der Waals surface area (Å²) in [5.74, 6) is -0.103. The number of hydrogen-bond donors (Lipinski definition) is 2. The molecule has 3 N–H and O–H groups in total. The predicted molar refractivity (Wildman–Crippen MR) is 67.8 cm³/mol. The first-order valence-electron chi connectivity index (χ1n) is 5.53. The Labute approximate surface area is 105 Å². The molecule has 0 spiro atoms. The van der Waals surface area contributed by atoms with E-state index in [1.165, 1.54) is 0 Å². The van der Waals surface area contributed by atoms with Crippen molar-refractivity contribution >= 4 is 11.6 Å². The number of aromatic nitrogens is 3. The average molecular weight is 245 g/mol. The molecule has 0 fully saturated rings. The van der Waals surface area contributed by atoms with Gasteiger partial charge in [-0.3, -0.25) is 14.9 Å². The summed E-state index contributed by atoms with van der Waals surface area (Å²) in [6.07, 6.45) is 4.99. The summed E-state index contributed by atoms with van der Waals surface area (Å²) >= 11 is 0. The van der Waals surface area contributed by atoms with Gasteiger partial charge in [0.2, 0.25) is 0 Å². The number of nitrogens with zero attached hydrogens (tertiary/aromatic N) is 3. The van der Waals surface area contributed by atoms with E-state index in [0.29, 0.717) is 23.5 Å². The van der Waals surface area contributed by atoms with Crippen LogP contribution in [0.25, 0.3) is 0 Å². The number of H-pyrrole nitrogens is 1. The number of pyridine rings is 1. The minimum Gasteiger partial charge on any atom is -0.397 e. The van der Waals surface area contributed by atoms with Gasteiger partial charge in [0, 0.05) is 25.4 Å². The van der Waals surface area contributed by atoms with Crippen molar-refractivity contribution < 1.29 is 4.79 Å². The van der Waals surface area contributed by atoms with Gasteiger partial charge in [-0.1, -0.05) is 0 Å². The predicted octanol–water partition coefficient (Wildman–Crippen LogP) is 0.968. The number of nitrogens with two attached hydrogens (primary N) is 1. The molecule has 0 atom stereocenters. The smallest absolute Gasteiger partial charge is 0.255 e. The maximum Gasteiger partial charge on any atom is 0.255 e. The van der Waals surface area contributed by atoms with E-state index in [0.717, 1.165) is 5.56 Å². The zero-order valence-electron chi connectivity index (χ0n) is 10.3. The second-order valence-electron chi connectivity index (χ2n) is 4.17. The average Bonchev–Trinajstić information content (AvgIpc) is 2.84. The highest BCUT2D eigenvalue weighted by atomic mass is 16.2. The van der Waals surface area contributed by atoms with Crippen molar-refractivity contribution in [2.45, 2.75) is 13.5 Å². The third-order valence-electron chi connectivity index (χ3n) is 2.66. The van der Waals surface area contributed by atoms with E-state index in [1.807, 2.05) is 0 Å². The summed E-state index contributed by atoms with van der Waals surface area (Å²) in [6, 6.07) is 1.65. The Morgan fingerprint density at radius 2 is 2.28 bits per heavy atom. The van der Waals surface area contributed by atoms with Gasteiger partial charge in [0.1, 0.15) is 0 Å². The molecule has 0 radical (unpaired) electrons. The second kappa shape index (κ2) is 4.87. The number of amides is 1. The number of carbonyl (C=O) groups is 1. The van der Waals surface area contributed by atoms with Crippen LogP contribution < -0.4 is 5.73 Å². The van der Waals surface area contributed by atoms with Gasteiger partial charge < -0.3 is 10.6 Å². The highest BCUT2D eigenvalue weighted by Gasteiger charge is 2.15. The third kappa shape index (κ3) is 2.48. The Hall–Kier alpha value is -2.37. The summed E-state index contributed by atoms with van der Waals surface area (Å²) in [5, 5.41) is 6.56. The van der Waals surface area contributed by atoms with E-state index in [1.54, 1.807) is 43.5 Å². The number of aryl methyl sites for hydroxylation is 1. The molecule has 18 heavy (non-hydrogen) atoms. The SMILES string of the molecule is Cc1ncc(N)cc1C(=O)N(C)Cc1cn[nH]c1. The van der Waals surface area contributed by atoms with Crippen LogP contribution in [-0.4, -0.2) is 33.0 Å². The van der Waals surface area contributed by atoms with Crippen LogP contribution in [-0.2, 0) is 6.54 Å². The molecule has 1 amide bonds. The van der Waals surface area contributed by atoms with Gasteiger partial charge >= 0.3 is 0 Å². The monoisotopic (exact) mass is 245 g/mol. The molecule has 0 saturated carbocycles. The molecule has 2 aromatic rings. The van der Waals surface area contributed by atoms with Crippen molar-refractivity contribution in [3.05, 3.63) is 41.5 Å². The summed E-state index contributed by atoms with van der Waals surface area (Å²) in [4.78, 5) is 17.9. The number of anilines is 1. The molecule has 2 rings (SSSR count). The number of nitrogen functional groups attached to an aromatic ring is 1. The lowest BCUT2D eigenvalue weighted by molar-refractivity contribution is 0.0784. The molecule has 0 saturated heterocycles. The fraction of sp³-hybridized carbons (Fsp3) is 0.250. The molecule has 0 bridgehead atoms. The van der Waals surface area contributed by atoms with Crippen LogP contribution in [0.2, 0.25) is 0 Å². The van der Waals surface area contributed by atoms with Crippen LogP contribution in [0.15, 0.2) is 24.7 Å². The van der Waals surface area contributed by atoms with Gasteiger partial charge in [0.15, 0.2) is 0 Å². The Balaban J connectivity index is 2.17. The highest BCUT2D eigenvalue weighted by Crippen LogP contribution is 2.13. The first-order chi connectivity index (χ1) is 8.58. The standard InChI is InChI=1S/C12H15N5O/c1-8-11(3-10(13)6-14-8)12(18)17(2)7-9-4-15-16-5-9/h3-6H,7,13H2,1-2H3,(H,15,16). The number of rotatable bonds is 3. The molecular formula is C12H15N5O. The normalized spacial score (nSPS) is 10.3. The lowest BCUT2D eigenvalue weighted by Gasteiger charge is -2.17. The molecule has 0 aliphatic rings. The van der Waals surface area contributed by atoms with Gasteiger partial charge in [-0.2, -0.15) is 5.10 Å². The molecule has 0 unspecified atom stereocenters. The summed E-state index contributed by atoms with van der Waals surface area (Å²) in [5.41, 5.74) is 8.29. The fourth-order valence-corrected chi connectivity index (χ4v) is 1.68. The number of hydrogen-bond acceptors (Lipinski definition) is 4. The van der Waals surface area contributed by atoms with Gasteiger partial charge in [-0.05, 0) is 13.0 Å². The van der Waals surface area contributed by atoms with Crippen molar-refractivity contribution in [2.24, 2.45) is 0 Å². The summed E-state index contributed by atoms with van der Waals surface area (Å²) in [6.45, 7) is 2.28. The van der Waals surface area contributed by atoms with Crippen molar-refractivity contribution in [2.75, 3.05) is 12.8 Å². The molecule has 6 nitrogen and oxygen atoms in total. The van der Waals surface area contributed by atoms with E-state index in [2.05, 4.69) is 15.2 Å². The molecule has 2 heterocycles. The summed E-state index contributed by atoms with van der Waals surface area (Å²) < 4.78 is 0. The molecule has 94 valence electrons.